The van der Waals surface area contributed by atoms with Crippen molar-refractivity contribution in [1.82, 2.24) is 4.98 Å². The Morgan fingerprint density at radius 1 is 1.04 bits per heavy atom. The lowest BCUT2D eigenvalue weighted by molar-refractivity contribution is 0.102. The summed E-state index contributed by atoms with van der Waals surface area (Å²) in [6.07, 6.45) is 0. The van der Waals surface area contributed by atoms with Gasteiger partial charge in [-0.15, -0.1) is 0 Å². The monoisotopic (exact) mass is 396 g/mol. The Labute approximate surface area is 165 Å². The zero-order valence-electron chi connectivity index (χ0n) is 14.3. The highest BCUT2D eigenvalue weighted by Gasteiger charge is 2.11. The van der Waals surface area contributed by atoms with Crippen LogP contribution < -0.4 is 5.32 Å². The van der Waals surface area contributed by atoms with E-state index >= 15 is 0 Å². The van der Waals surface area contributed by atoms with E-state index in [4.69, 9.17) is 27.6 Å². The first-order chi connectivity index (χ1) is 13.0. The van der Waals surface area contributed by atoms with Crippen molar-refractivity contribution >= 4 is 45.9 Å². The first-order valence-corrected chi connectivity index (χ1v) is 8.99. The van der Waals surface area contributed by atoms with E-state index in [1.807, 2.05) is 25.1 Å². The van der Waals surface area contributed by atoms with E-state index < -0.39 is 0 Å². The van der Waals surface area contributed by atoms with E-state index in [-0.39, 0.29) is 5.91 Å². The highest BCUT2D eigenvalue weighted by atomic mass is 35.5. The van der Waals surface area contributed by atoms with Crippen LogP contribution in [0.15, 0.2) is 65.1 Å². The summed E-state index contributed by atoms with van der Waals surface area (Å²) in [6, 6.07) is 17.8. The third-order valence-electron chi connectivity index (χ3n) is 4.15. The summed E-state index contributed by atoms with van der Waals surface area (Å²) >= 11 is 12.1. The maximum Gasteiger partial charge on any atom is 0.255 e. The average molecular weight is 397 g/mol. The smallest absolute Gasteiger partial charge is 0.255 e. The lowest BCUT2D eigenvalue weighted by Gasteiger charge is -2.07. The molecular weight excluding hydrogens is 383 g/mol. The van der Waals surface area contributed by atoms with Crippen LogP contribution in [-0.2, 0) is 0 Å². The molecule has 134 valence electrons. The predicted molar refractivity (Wildman–Crippen MR) is 109 cm³/mol. The van der Waals surface area contributed by atoms with Crippen LogP contribution >= 0.6 is 23.2 Å². The molecule has 1 amide bonds. The van der Waals surface area contributed by atoms with Gasteiger partial charge in [-0.05, 0) is 61.0 Å². The van der Waals surface area contributed by atoms with Gasteiger partial charge in [-0.2, -0.15) is 0 Å². The molecule has 0 fully saturated rings. The van der Waals surface area contributed by atoms with Crippen LogP contribution in [0.5, 0.6) is 0 Å². The van der Waals surface area contributed by atoms with Crippen molar-refractivity contribution in [3.63, 3.8) is 0 Å². The molecular formula is C21H14Cl2N2O2. The topological polar surface area (TPSA) is 55.1 Å². The lowest BCUT2D eigenvalue weighted by atomic mass is 10.1. The number of nitrogens with one attached hydrogen (secondary N) is 1. The fourth-order valence-corrected chi connectivity index (χ4v) is 3.04. The van der Waals surface area contributed by atoms with E-state index in [1.165, 1.54) is 0 Å². The number of aryl methyl sites for hydroxylation is 1. The summed E-state index contributed by atoms with van der Waals surface area (Å²) in [7, 11) is 0. The summed E-state index contributed by atoms with van der Waals surface area (Å²) in [5, 5.41) is 4.02. The van der Waals surface area contributed by atoms with Gasteiger partial charge in [0.25, 0.3) is 5.91 Å². The molecule has 0 saturated carbocycles. The van der Waals surface area contributed by atoms with Gasteiger partial charge in [-0.3, -0.25) is 4.79 Å². The van der Waals surface area contributed by atoms with E-state index in [0.717, 1.165) is 11.1 Å². The third kappa shape index (κ3) is 3.68. The molecule has 27 heavy (non-hydrogen) atoms. The summed E-state index contributed by atoms with van der Waals surface area (Å²) in [5.74, 6) is 0.222. The number of aromatic nitrogens is 1. The molecule has 4 aromatic rings. The first-order valence-electron chi connectivity index (χ1n) is 8.23. The Hall–Kier alpha value is -2.82. The maximum absolute atomic E-state index is 12.5. The van der Waals surface area contributed by atoms with E-state index in [9.17, 15) is 4.79 Å². The van der Waals surface area contributed by atoms with Gasteiger partial charge in [0.2, 0.25) is 5.89 Å². The van der Waals surface area contributed by atoms with Gasteiger partial charge in [0.15, 0.2) is 5.58 Å². The highest BCUT2D eigenvalue weighted by Crippen LogP contribution is 2.28. The summed E-state index contributed by atoms with van der Waals surface area (Å²) in [6.45, 7) is 1.89. The Morgan fingerprint density at radius 2 is 1.89 bits per heavy atom. The van der Waals surface area contributed by atoms with Crippen LogP contribution in [0, 0.1) is 6.92 Å². The molecule has 0 bridgehead atoms. The number of halogens is 2. The number of carbonyl (C=O) groups excluding carboxylic acids is 1. The zero-order chi connectivity index (χ0) is 19.0. The molecule has 0 aliphatic rings. The minimum absolute atomic E-state index is 0.238. The van der Waals surface area contributed by atoms with Gasteiger partial charge in [0, 0.05) is 26.9 Å². The molecule has 1 N–H and O–H groups in total. The molecule has 0 spiro atoms. The number of oxazole rings is 1. The average Bonchev–Trinajstić information content (AvgIpc) is 3.07. The normalized spacial score (nSPS) is 10.9. The van der Waals surface area contributed by atoms with Crippen molar-refractivity contribution in [3.05, 3.63) is 81.8 Å². The van der Waals surface area contributed by atoms with Crippen molar-refractivity contribution in [1.29, 1.82) is 0 Å². The van der Waals surface area contributed by atoms with Crippen molar-refractivity contribution in [2.75, 3.05) is 5.32 Å². The summed E-state index contributed by atoms with van der Waals surface area (Å²) in [4.78, 5) is 16.9. The molecule has 1 heterocycles. The zero-order valence-corrected chi connectivity index (χ0v) is 15.8. The number of rotatable bonds is 3. The van der Waals surface area contributed by atoms with Gasteiger partial charge in [-0.1, -0.05) is 35.3 Å². The second kappa shape index (κ2) is 7.06. The number of hydrogen-bond acceptors (Lipinski definition) is 3. The van der Waals surface area contributed by atoms with Crippen molar-refractivity contribution < 1.29 is 9.21 Å². The van der Waals surface area contributed by atoms with Gasteiger partial charge in [-0.25, -0.2) is 4.98 Å². The number of hydrogen-bond donors (Lipinski definition) is 1. The molecule has 0 radical (unpaired) electrons. The molecule has 4 rings (SSSR count). The van der Waals surface area contributed by atoms with Crippen molar-refractivity contribution in [2.45, 2.75) is 6.92 Å². The molecule has 0 aliphatic carbocycles. The number of benzene rings is 3. The molecule has 0 aliphatic heterocycles. The minimum atomic E-state index is -0.238. The Bertz CT molecular complexity index is 1170. The van der Waals surface area contributed by atoms with Gasteiger partial charge < -0.3 is 9.73 Å². The number of amides is 1. The van der Waals surface area contributed by atoms with E-state index in [1.54, 1.807) is 42.5 Å². The SMILES string of the molecule is Cc1ccc(C(=O)Nc2cccc(-c3nc4cc(Cl)ccc4o3)c2)cc1Cl. The quantitative estimate of drug-likeness (QED) is 0.438. The summed E-state index contributed by atoms with van der Waals surface area (Å²) in [5.41, 5.74) is 4.13. The minimum Gasteiger partial charge on any atom is -0.436 e. The van der Waals surface area contributed by atoms with Crippen molar-refractivity contribution in [2.24, 2.45) is 0 Å². The number of anilines is 1. The van der Waals surface area contributed by atoms with Crippen LogP contribution in [0.1, 0.15) is 15.9 Å². The van der Waals surface area contributed by atoms with Crippen LogP contribution in [0.4, 0.5) is 5.69 Å². The molecule has 0 atom stereocenters. The van der Waals surface area contributed by atoms with Crippen LogP contribution in [-0.4, -0.2) is 10.9 Å². The largest absolute Gasteiger partial charge is 0.436 e. The number of nitrogens with zero attached hydrogens (tertiary/aromatic N) is 1. The fourth-order valence-electron chi connectivity index (χ4n) is 2.69. The first kappa shape index (κ1) is 17.6. The predicted octanol–water partition coefficient (Wildman–Crippen LogP) is 6.36. The fraction of sp³-hybridized carbons (Fsp3) is 0.0476. The lowest BCUT2D eigenvalue weighted by Crippen LogP contribution is -2.11. The Kier molecular flexibility index (Phi) is 4.60. The Morgan fingerprint density at radius 3 is 2.70 bits per heavy atom. The van der Waals surface area contributed by atoms with Gasteiger partial charge in [0.1, 0.15) is 5.52 Å². The van der Waals surface area contributed by atoms with E-state index in [2.05, 4.69) is 10.3 Å². The van der Waals surface area contributed by atoms with Crippen molar-refractivity contribution in [3.8, 4) is 11.5 Å². The molecule has 4 nitrogen and oxygen atoms in total. The second-order valence-corrected chi connectivity index (χ2v) is 6.97. The van der Waals surface area contributed by atoms with Crippen LogP contribution in [0.25, 0.3) is 22.6 Å². The number of carbonyl (C=O) groups is 1. The van der Waals surface area contributed by atoms with Crippen LogP contribution in [0.2, 0.25) is 10.0 Å². The summed E-state index contributed by atoms with van der Waals surface area (Å²) < 4.78 is 5.78. The molecule has 0 unspecified atom stereocenters. The Balaban J connectivity index is 1.61. The molecule has 0 saturated heterocycles. The third-order valence-corrected chi connectivity index (χ3v) is 4.79. The second-order valence-electron chi connectivity index (χ2n) is 6.13. The molecule has 3 aromatic carbocycles. The van der Waals surface area contributed by atoms with Gasteiger partial charge >= 0.3 is 0 Å². The standard InChI is InChI=1S/C21H14Cl2N2O2/c1-12-5-6-13(10-17(12)23)20(26)24-16-4-2-3-14(9-16)21-25-18-11-15(22)7-8-19(18)27-21/h2-11H,1H3,(H,24,26). The van der Waals surface area contributed by atoms with Crippen LogP contribution in [0.3, 0.4) is 0 Å². The number of fused-ring (bicyclic) bond motifs is 1. The van der Waals surface area contributed by atoms with Gasteiger partial charge in [0.05, 0.1) is 0 Å². The molecule has 6 heteroatoms. The maximum atomic E-state index is 12.5. The highest BCUT2D eigenvalue weighted by molar-refractivity contribution is 6.32. The molecule has 1 aromatic heterocycles. The van der Waals surface area contributed by atoms with E-state index in [0.29, 0.717) is 38.3 Å².